The number of benzene rings is 1. The summed E-state index contributed by atoms with van der Waals surface area (Å²) in [6.07, 6.45) is 0. The smallest absolute Gasteiger partial charge is 0.255 e. The van der Waals surface area contributed by atoms with Gasteiger partial charge < -0.3 is 10.0 Å². The Balaban J connectivity index is 1.97. The standard InChI is InChI=1S/C15H20BrClN2O2/c1-15(2,21)10-18-5-7-19(8-6-18)14(20)12-4-3-11(17)9-13(12)16/h3-4,9,21H,5-8,10H2,1-2H3. The highest BCUT2D eigenvalue weighted by molar-refractivity contribution is 9.10. The second-order valence-electron chi connectivity index (χ2n) is 6.00. The van der Waals surface area contributed by atoms with Gasteiger partial charge >= 0.3 is 0 Å². The first-order chi connectivity index (χ1) is 9.76. The fourth-order valence-electron chi connectivity index (χ4n) is 2.49. The van der Waals surface area contributed by atoms with Crippen LogP contribution in [0.3, 0.4) is 0 Å². The molecule has 1 heterocycles. The first-order valence-corrected chi connectivity index (χ1v) is 8.12. The lowest BCUT2D eigenvalue weighted by Gasteiger charge is -2.37. The number of carbonyl (C=O) groups excluding carboxylic acids is 1. The number of piperazine rings is 1. The van der Waals surface area contributed by atoms with Crippen molar-refractivity contribution in [3.63, 3.8) is 0 Å². The van der Waals surface area contributed by atoms with E-state index in [-0.39, 0.29) is 5.91 Å². The molecule has 2 rings (SSSR count). The van der Waals surface area contributed by atoms with Crippen LogP contribution < -0.4 is 0 Å². The van der Waals surface area contributed by atoms with Gasteiger partial charge in [0.2, 0.25) is 0 Å². The quantitative estimate of drug-likeness (QED) is 0.883. The van der Waals surface area contributed by atoms with Gasteiger partial charge in [0, 0.05) is 42.2 Å². The molecule has 1 N–H and O–H groups in total. The van der Waals surface area contributed by atoms with Crippen LogP contribution in [0, 0.1) is 0 Å². The van der Waals surface area contributed by atoms with Crippen molar-refractivity contribution in [2.24, 2.45) is 0 Å². The minimum Gasteiger partial charge on any atom is -0.389 e. The van der Waals surface area contributed by atoms with Crippen LogP contribution in [0.1, 0.15) is 24.2 Å². The highest BCUT2D eigenvalue weighted by atomic mass is 79.9. The largest absolute Gasteiger partial charge is 0.389 e. The van der Waals surface area contributed by atoms with Crippen molar-refractivity contribution in [3.05, 3.63) is 33.3 Å². The van der Waals surface area contributed by atoms with Crippen LogP contribution in [0.25, 0.3) is 0 Å². The molecule has 0 unspecified atom stereocenters. The molecule has 6 heteroatoms. The van der Waals surface area contributed by atoms with Crippen LogP contribution >= 0.6 is 27.5 Å². The topological polar surface area (TPSA) is 43.8 Å². The number of halogens is 2. The van der Waals surface area contributed by atoms with Crippen LogP contribution in [-0.4, -0.2) is 59.1 Å². The molecule has 0 radical (unpaired) electrons. The molecular formula is C15H20BrClN2O2. The number of hydrogen-bond acceptors (Lipinski definition) is 3. The van der Waals surface area contributed by atoms with Crippen LogP contribution in [0.4, 0.5) is 0 Å². The van der Waals surface area contributed by atoms with Crippen molar-refractivity contribution in [1.82, 2.24) is 9.80 Å². The van der Waals surface area contributed by atoms with Crippen LogP contribution in [0.15, 0.2) is 22.7 Å². The molecule has 1 aromatic carbocycles. The summed E-state index contributed by atoms with van der Waals surface area (Å²) in [7, 11) is 0. The van der Waals surface area contributed by atoms with Crippen molar-refractivity contribution in [2.75, 3.05) is 32.7 Å². The van der Waals surface area contributed by atoms with Crippen molar-refractivity contribution in [3.8, 4) is 0 Å². The molecule has 0 spiro atoms. The Kier molecular flexibility index (Phi) is 5.30. The van der Waals surface area contributed by atoms with E-state index < -0.39 is 5.60 Å². The van der Waals surface area contributed by atoms with Crippen molar-refractivity contribution in [1.29, 1.82) is 0 Å². The van der Waals surface area contributed by atoms with Gasteiger partial charge in [-0.25, -0.2) is 0 Å². The zero-order chi connectivity index (χ0) is 15.6. The maximum absolute atomic E-state index is 12.5. The van der Waals surface area contributed by atoms with Gasteiger partial charge in [-0.1, -0.05) is 11.6 Å². The summed E-state index contributed by atoms with van der Waals surface area (Å²) in [6.45, 7) is 7.13. The number of amides is 1. The number of aliphatic hydroxyl groups is 1. The Labute approximate surface area is 138 Å². The second-order valence-corrected chi connectivity index (χ2v) is 7.30. The van der Waals surface area contributed by atoms with Gasteiger partial charge in [0.15, 0.2) is 0 Å². The molecule has 1 saturated heterocycles. The molecule has 1 amide bonds. The SMILES string of the molecule is CC(C)(O)CN1CCN(C(=O)c2ccc(Cl)cc2Br)CC1. The van der Waals surface area contributed by atoms with Crippen LogP contribution in [0.5, 0.6) is 0 Å². The minimum atomic E-state index is -0.703. The van der Waals surface area contributed by atoms with E-state index in [9.17, 15) is 9.90 Å². The zero-order valence-corrected chi connectivity index (χ0v) is 14.6. The third-order valence-corrected chi connectivity index (χ3v) is 4.32. The molecule has 1 fully saturated rings. The van der Waals surface area contributed by atoms with E-state index in [0.717, 1.165) is 17.6 Å². The normalized spacial score (nSPS) is 17.1. The van der Waals surface area contributed by atoms with Crippen LogP contribution in [-0.2, 0) is 0 Å². The third kappa shape index (κ3) is 4.68. The molecule has 1 aliphatic rings. The highest BCUT2D eigenvalue weighted by Gasteiger charge is 2.26. The van der Waals surface area contributed by atoms with Gasteiger partial charge in [-0.2, -0.15) is 0 Å². The molecule has 0 aliphatic carbocycles. The van der Waals surface area contributed by atoms with Crippen molar-refractivity contribution < 1.29 is 9.90 Å². The molecule has 4 nitrogen and oxygen atoms in total. The predicted molar refractivity (Wildman–Crippen MR) is 87.8 cm³/mol. The summed E-state index contributed by atoms with van der Waals surface area (Å²) >= 11 is 9.29. The van der Waals surface area contributed by atoms with E-state index in [2.05, 4.69) is 20.8 Å². The zero-order valence-electron chi connectivity index (χ0n) is 12.3. The summed E-state index contributed by atoms with van der Waals surface area (Å²) < 4.78 is 0.721. The van der Waals surface area contributed by atoms with Crippen LogP contribution in [0.2, 0.25) is 5.02 Å². The van der Waals surface area contributed by atoms with Gasteiger partial charge in [-0.05, 0) is 48.0 Å². The monoisotopic (exact) mass is 374 g/mol. The Morgan fingerprint density at radius 2 is 1.95 bits per heavy atom. The molecule has 21 heavy (non-hydrogen) atoms. The predicted octanol–water partition coefficient (Wildman–Crippen LogP) is 2.63. The number of nitrogens with zero attached hydrogens (tertiary/aromatic N) is 2. The average Bonchev–Trinajstić information content (AvgIpc) is 2.37. The van der Waals surface area contributed by atoms with E-state index >= 15 is 0 Å². The summed E-state index contributed by atoms with van der Waals surface area (Å²) in [5.41, 5.74) is -0.0684. The number of hydrogen-bond donors (Lipinski definition) is 1. The van der Waals surface area contributed by atoms with Crippen molar-refractivity contribution in [2.45, 2.75) is 19.4 Å². The first-order valence-electron chi connectivity index (χ1n) is 6.95. The number of rotatable bonds is 3. The van der Waals surface area contributed by atoms with E-state index in [0.29, 0.717) is 30.2 Å². The van der Waals surface area contributed by atoms with Gasteiger partial charge in [0.25, 0.3) is 5.91 Å². The number of carbonyl (C=O) groups is 1. The molecule has 0 saturated carbocycles. The lowest BCUT2D eigenvalue weighted by molar-refractivity contribution is 0.0178. The molecule has 1 aromatic rings. The molecule has 0 atom stereocenters. The van der Waals surface area contributed by atoms with E-state index in [1.54, 1.807) is 32.0 Å². The highest BCUT2D eigenvalue weighted by Crippen LogP contribution is 2.23. The van der Waals surface area contributed by atoms with E-state index in [1.807, 2.05) is 4.90 Å². The lowest BCUT2D eigenvalue weighted by atomic mass is 10.1. The first kappa shape index (κ1) is 16.7. The minimum absolute atomic E-state index is 0.0152. The van der Waals surface area contributed by atoms with E-state index in [1.165, 1.54) is 0 Å². The summed E-state index contributed by atoms with van der Waals surface area (Å²) in [6, 6.07) is 5.21. The van der Waals surface area contributed by atoms with Gasteiger partial charge in [0.05, 0.1) is 11.2 Å². The second kappa shape index (κ2) is 6.65. The van der Waals surface area contributed by atoms with Gasteiger partial charge in [-0.3, -0.25) is 9.69 Å². The maximum Gasteiger partial charge on any atom is 0.255 e. The Morgan fingerprint density at radius 3 is 2.48 bits per heavy atom. The lowest BCUT2D eigenvalue weighted by Crippen LogP contribution is -2.52. The van der Waals surface area contributed by atoms with Crippen molar-refractivity contribution >= 4 is 33.4 Å². The molecule has 0 bridgehead atoms. The molecule has 0 aromatic heterocycles. The Hall–Kier alpha value is -0.620. The van der Waals surface area contributed by atoms with Gasteiger partial charge in [0.1, 0.15) is 0 Å². The molecule has 1 aliphatic heterocycles. The Morgan fingerprint density at radius 1 is 1.33 bits per heavy atom. The maximum atomic E-state index is 12.5. The number of β-amino-alcohol motifs (C(OH)–C–C–N with tert-alkyl or cyclic N) is 1. The summed E-state index contributed by atoms with van der Waals surface area (Å²) in [4.78, 5) is 16.5. The fraction of sp³-hybridized carbons (Fsp3) is 0.533. The molecule has 116 valence electrons. The summed E-state index contributed by atoms with van der Waals surface area (Å²) in [5, 5.41) is 10.4. The average molecular weight is 376 g/mol. The van der Waals surface area contributed by atoms with Gasteiger partial charge in [-0.15, -0.1) is 0 Å². The fourth-order valence-corrected chi connectivity index (χ4v) is 3.34. The van der Waals surface area contributed by atoms with E-state index in [4.69, 9.17) is 11.6 Å². The third-order valence-electron chi connectivity index (χ3n) is 3.43. The molecular weight excluding hydrogens is 356 g/mol. The summed E-state index contributed by atoms with van der Waals surface area (Å²) in [5.74, 6) is 0.0152. The Bertz CT molecular complexity index is 523.